The highest BCUT2D eigenvalue weighted by molar-refractivity contribution is 6.45. The predicted octanol–water partition coefficient (Wildman–Crippen LogP) is 3.70. The van der Waals surface area contributed by atoms with Crippen molar-refractivity contribution in [2.24, 2.45) is 0 Å². The highest BCUT2D eigenvalue weighted by Crippen LogP contribution is 2.23. The van der Waals surface area contributed by atoms with Gasteiger partial charge in [0.2, 0.25) is 0 Å². The third kappa shape index (κ3) is 4.10. The smallest absolute Gasteiger partial charge is 0.295 e. The molecule has 1 aliphatic heterocycles. The second-order valence-electron chi connectivity index (χ2n) is 7.91. The van der Waals surface area contributed by atoms with Gasteiger partial charge in [-0.15, -0.1) is 0 Å². The molecule has 2 heterocycles. The molecule has 0 bridgehead atoms. The number of nitrogens with zero attached hydrogens (tertiary/aromatic N) is 2. The number of carbonyl (C=O) groups excluding carboxylic acids is 2. The Bertz CT molecular complexity index is 1040. The van der Waals surface area contributed by atoms with Crippen LogP contribution in [-0.2, 0) is 11.3 Å². The third-order valence-corrected chi connectivity index (χ3v) is 5.72. The largest absolute Gasteiger partial charge is 0.358 e. The Morgan fingerprint density at radius 2 is 1.69 bits per heavy atom. The third-order valence-electron chi connectivity index (χ3n) is 5.72. The lowest BCUT2D eigenvalue weighted by Gasteiger charge is -2.21. The fraction of sp³-hybridized carbons (Fsp3) is 0.333. The summed E-state index contributed by atoms with van der Waals surface area (Å²) in [5, 5.41) is 0.819. The lowest BCUT2D eigenvalue weighted by Crippen LogP contribution is -2.39. The second kappa shape index (κ2) is 8.21. The van der Waals surface area contributed by atoms with Crippen molar-refractivity contribution in [3.05, 3.63) is 70.9 Å². The second-order valence-corrected chi connectivity index (χ2v) is 7.91. The van der Waals surface area contributed by atoms with Crippen LogP contribution in [-0.4, -0.2) is 52.7 Å². The predicted molar refractivity (Wildman–Crippen MR) is 115 cm³/mol. The van der Waals surface area contributed by atoms with Crippen LogP contribution in [0.25, 0.3) is 10.9 Å². The molecule has 0 atom stereocenters. The van der Waals surface area contributed by atoms with Crippen LogP contribution in [0.4, 0.5) is 0 Å². The Balaban J connectivity index is 1.44. The number of benzene rings is 2. The van der Waals surface area contributed by atoms with Crippen LogP contribution >= 0.6 is 0 Å². The minimum absolute atomic E-state index is 0.393. The fourth-order valence-electron chi connectivity index (χ4n) is 4.10. The number of aromatic amines is 1. The van der Waals surface area contributed by atoms with Crippen LogP contribution in [0.2, 0.25) is 0 Å². The van der Waals surface area contributed by atoms with E-state index in [1.807, 2.05) is 31.2 Å². The molecule has 0 aliphatic carbocycles. The van der Waals surface area contributed by atoms with Gasteiger partial charge in [0.25, 0.3) is 11.7 Å². The first-order chi connectivity index (χ1) is 14.0. The van der Waals surface area contributed by atoms with Gasteiger partial charge in [-0.3, -0.25) is 14.5 Å². The van der Waals surface area contributed by atoms with Gasteiger partial charge < -0.3 is 9.88 Å². The molecule has 150 valence electrons. The summed E-state index contributed by atoms with van der Waals surface area (Å²) in [5.41, 5.74) is 4.68. The number of ketones is 1. The Hall–Kier alpha value is -2.92. The van der Waals surface area contributed by atoms with Crippen molar-refractivity contribution in [3.8, 4) is 0 Å². The lowest BCUT2D eigenvalue weighted by atomic mass is 10.1. The maximum Gasteiger partial charge on any atom is 0.295 e. The molecular weight excluding hydrogens is 362 g/mol. The number of nitrogens with one attached hydrogen (secondary N) is 1. The first-order valence-corrected chi connectivity index (χ1v) is 10.2. The van der Waals surface area contributed by atoms with Crippen molar-refractivity contribution in [2.75, 3.05) is 26.2 Å². The average molecular weight is 389 g/mol. The number of hydrogen-bond donors (Lipinski definition) is 1. The van der Waals surface area contributed by atoms with E-state index in [0.29, 0.717) is 18.7 Å². The van der Waals surface area contributed by atoms with E-state index in [4.69, 9.17) is 0 Å². The van der Waals surface area contributed by atoms with E-state index in [0.717, 1.165) is 42.7 Å². The normalized spacial score (nSPS) is 15.4. The van der Waals surface area contributed by atoms with Crippen molar-refractivity contribution in [1.29, 1.82) is 0 Å². The summed E-state index contributed by atoms with van der Waals surface area (Å²) in [6, 6.07) is 16.2. The zero-order chi connectivity index (χ0) is 20.4. The van der Waals surface area contributed by atoms with Crippen molar-refractivity contribution >= 4 is 22.6 Å². The number of carbonyl (C=O) groups is 2. The van der Waals surface area contributed by atoms with E-state index in [2.05, 4.69) is 41.1 Å². The van der Waals surface area contributed by atoms with Crippen LogP contribution in [0.15, 0.2) is 48.5 Å². The summed E-state index contributed by atoms with van der Waals surface area (Å²) in [7, 11) is 0. The number of para-hydroxylation sites is 1. The minimum Gasteiger partial charge on any atom is -0.358 e. The Morgan fingerprint density at radius 1 is 0.931 bits per heavy atom. The molecular formula is C24H27N3O2. The van der Waals surface area contributed by atoms with Crippen LogP contribution in [0.3, 0.4) is 0 Å². The molecule has 0 saturated carbocycles. The summed E-state index contributed by atoms with van der Waals surface area (Å²) in [4.78, 5) is 33.3. The SMILES string of the molecule is Cc1ccc(CN2CCCN(C(=O)C(=O)c3c(C)[nH]c4ccccc34)CC2)cc1. The van der Waals surface area contributed by atoms with Gasteiger partial charge in [0.1, 0.15) is 0 Å². The molecule has 4 rings (SSSR count). The molecule has 29 heavy (non-hydrogen) atoms. The molecule has 1 fully saturated rings. The number of Topliss-reactive ketones (excluding diaryl/α,β-unsaturated/α-hetero) is 1. The Morgan fingerprint density at radius 3 is 2.48 bits per heavy atom. The first kappa shape index (κ1) is 19.4. The van der Waals surface area contributed by atoms with Gasteiger partial charge in [0.15, 0.2) is 0 Å². The van der Waals surface area contributed by atoms with Crippen LogP contribution < -0.4 is 0 Å². The molecule has 0 spiro atoms. The number of aromatic nitrogens is 1. The molecule has 3 aromatic rings. The maximum absolute atomic E-state index is 13.0. The monoisotopic (exact) mass is 389 g/mol. The summed E-state index contributed by atoms with van der Waals surface area (Å²) in [6.07, 6.45) is 0.873. The molecule has 0 unspecified atom stereocenters. The Kier molecular flexibility index (Phi) is 5.49. The van der Waals surface area contributed by atoms with Crippen molar-refractivity contribution in [1.82, 2.24) is 14.8 Å². The van der Waals surface area contributed by atoms with Crippen LogP contribution in [0.5, 0.6) is 0 Å². The van der Waals surface area contributed by atoms with Crippen LogP contribution in [0.1, 0.15) is 33.6 Å². The quantitative estimate of drug-likeness (QED) is 0.547. The topological polar surface area (TPSA) is 56.4 Å². The summed E-state index contributed by atoms with van der Waals surface area (Å²) in [5.74, 6) is -0.804. The van der Waals surface area contributed by atoms with Gasteiger partial charge in [-0.2, -0.15) is 0 Å². The lowest BCUT2D eigenvalue weighted by molar-refractivity contribution is -0.126. The summed E-state index contributed by atoms with van der Waals surface area (Å²) >= 11 is 0. The van der Waals surface area contributed by atoms with Gasteiger partial charge in [-0.25, -0.2) is 0 Å². The standard InChI is InChI=1S/C24H27N3O2/c1-17-8-10-19(11-9-17)16-26-12-5-13-27(15-14-26)24(29)23(28)22-18(2)25-21-7-4-3-6-20(21)22/h3-4,6-11,25H,5,12-16H2,1-2H3. The molecule has 1 aromatic heterocycles. The maximum atomic E-state index is 13.0. The van der Waals surface area contributed by atoms with E-state index in [1.165, 1.54) is 11.1 Å². The number of aryl methyl sites for hydroxylation is 2. The van der Waals surface area contributed by atoms with Crippen LogP contribution in [0, 0.1) is 13.8 Å². The molecule has 0 radical (unpaired) electrons. The number of amides is 1. The van der Waals surface area contributed by atoms with E-state index in [1.54, 1.807) is 4.90 Å². The minimum atomic E-state index is -0.410. The summed E-state index contributed by atoms with van der Waals surface area (Å²) in [6.45, 7) is 7.72. The van der Waals surface area contributed by atoms with Gasteiger partial charge in [-0.05, 0) is 31.9 Å². The highest BCUT2D eigenvalue weighted by atomic mass is 16.2. The van der Waals surface area contributed by atoms with E-state index in [-0.39, 0.29) is 0 Å². The molecule has 2 aromatic carbocycles. The van der Waals surface area contributed by atoms with Gasteiger partial charge in [-0.1, -0.05) is 48.0 Å². The molecule has 1 amide bonds. The van der Waals surface area contributed by atoms with E-state index >= 15 is 0 Å². The molecule has 5 heteroatoms. The van der Waals surface area contributed by atoms with Crippen molar-refractivity contribution < 1.29 is 9.59 Å². The van der Waals surface area contributed by atoms with Crippen molar-refractivity contribution in [2.45, 2.75) is 26.8 Å². The molecule has 5 nitrogen and oxygen atoms in total. The number of fused-ring (bicyclic) bond motifs is 1. The fourth-order valence-corrected chi connectivity index (χ4v) is 4.10. The zero-order valence-corrected chi connectivity index (χ0v) is 17.1. The van der Waals surface area contributed by atoms with Gasteiger partial charge >= 0.3 is 0 Å². The highest BCUT2D eigenvalue weighted by Gasteiger charge is 2.28. The summed E-state index contributed by atoms with van der Waals surface area (Å²) < 4.78 is 0. The number of rotatable bonds is 4. The zero-order valence-electron chi connectivity index (χ0n) is 17.1. The van der Waals surface area contributed by atoms with Gasteiger partial charge in [0.05, 0.1) is 5.56 Å². The Labute approximate surface area is 171 Å². The van der Waals surface area contributed by atoms with E-state index < -0.39 is 11.7 Å². The number of H-pyrrole nitrogens is 1. The van der Waals surface area contributed by atoms with E-state index in [9.17, 15) is 9.59 Å². The number of hydrogen-bond acceptors (Lipinski definition) is 3. The van der Waals surface area contributed by atoms with Gasteiger partial charge in [0, 0.05) is 49.3 Å². The van der Waals surface area contributed by atoms with Crippen molar-refractivity contribution in [3.63, 3.8) is 0 Å². The molecule has 1 aliphatic rings. The molecule has 1 saturated heterocycles. The first-order valence-electron chi connectivity index (χ1n) is 10.2. The average Bonchev–Trinajstić information content (AvgIpc) is 2.89. The molecule has 1 N–H and O–H groups in total.